The second kappa shape index (κ2) is 12.5. The largest absolute Gasteiger partial charge is 0.461 e. The van der Waals surface area contributed by atoms with Crippen LogP contribution in [-0.2, 0) is 28.0 Å². The van der Waals surface area contributed by atoms with Crippen LogP contribution in [0.2, 0.25) is 36.3 Å². The smallest absolute Gasteiger partial charge is 0.313 e. The van der Waals surface area contributed by atoms with E-state index in [1.165, 1.54) is 6.08 Å². The van der Waals surface area contributed by atoms with E-state index in [-0.39, 0.29) is 46.9 Å². The first-order chi connectivity index (χ1) is 16.2. The molecule has 1 aliphatic rings. The van der Waals surface area contributed by atoms with E-state index in [9.17, 15) is 14.4 Å². The summed E-state index contributed by atoms with van der Waals surface area (Å²) >= 11 is 0. The maximum Gasteiger partial charge on any atom is 0.313 e. The van der Waals surface area contributed by atoms with E-state index in [1.54, 1.807) is 0 Å². The van der Waals surface area contributed by atoms with Gasteiger partial charge >= 0.3 is 5.97 Å². The molecule has 7 nitrogen and oxygen atoms in total. The maximum absolute atomic E-state index is 13.3. The normalized spacial score (nSPS) is 20.7. The third-order valence-electron chi connectivity index (χ3n) is 8.25. The van der Waals surface area contributed by atoms with Crippen molar-refractivity contribution >= 4 is 34.3 Å². The molecule has 1 heterocycles. The minimum absolute atomic E-state index is 0.00218. The highest BCUT2D eigenvalue weighted by Gasteiger charge is 2.51. The Morgan fingerprint density at radius 3 is 2.08 bits per heavy atom. The molecule has 0 spiro atoms. The fraction of sp³-hybridized carbons (Fsp3) is 0.815. The van der Waals surface area contributed by atoms with Crippen molar-refractivity contribution in [2.24, 2.45) is 11.8 Å². The molecule has 1 rings (SSSR count). The average Bonchev–Trinajstić information content (AvgIpc) is 2.68. The van der Waals surface area contributed by atoms with Gasteiger partial charge in [-0.3, -0.25) is 14.4 Å². The summed E-state index contributed by atoms with van der Waals surface area (Å²) in [4.78, 5) is 38.1. The van der Waals surface area contributed by atoms with Gasteiger partial charge < -0.3 is 18.9 Å². The predicted molar refractivity (Wildman–Crippen MR) is 150 cm³/mol. The number of carbonyl (C=O) groups excluding carboxylic acids is 3. The highest BCUT2D eigenvalue weighted by Crippen LogP contribution is 2.40. The number of carbonyl (C=O) groups is 3. The third kappa shape index (κ3) is 8.63. The van der Waals surface area contributed by atoms with E-state index < -0.39 is 34.4 Å². The van der Waals surface area contributed by atoms with Crippen molar-refractivity contribution in [1.29, 1.82) is 0 Å². The zero-order valence-electron chi connectivity index (χ0n) is 24.6. The van der Waals surface area contributed by atoms with Crippen LogP contribution in [0.4, 0.5) is 0 Å². The van der Waals surface area contributed by atoms with Crippen LogP contribution in [0.5, 0.6) is 0 Å². The molecule has 0 bridgehead atoms. The molecule has 0 aromatic rings. The van der Waals surface area contributed by atoms with Crippen LogP contribution in [0.25, 0.3) is 0 Å². The molecule has 0 aromatic carbocycles. The lowest BCUT2D eigenvalue weighted by Crippen LogP contribution is -2.67. The molecule has 0 aliphatic carbocycles. The Balaban J connectivity index is 3.01. The zero-order valence-corrected chi connectivity index (χ0v) is 26.6. The summed E-state index contributed by atoms with van der Waals surface area (Å²) in [6, 6.07) is -0.371. The second-order valence-corrected chi connectivity index (χ2v) is 22.7. The van der Waals surface area contributed by atoms with Gasteiger partial charge in [0.25, 0.3) is 0 Å². The van der Waals surface area contributed by atoms with E-state index in [0.717, 1.165) is 0 Å². The summed E-state index contributed by atoms with van der Waals surface area (Å²) in [5.41, 5.74) is 0. The number of nitrogens with one attached hydrogen (secondary N) is 1. The van der Waals surface area contributed by atoms with Crippen molar-refractivity contribution in [1.82, 2.24) is 5.32 Å². The first kappa shape index (κ1) is 32.7. The number of amides is 1. The molecule has 9 heteroatoms. The zero-order chi connectivity index (χ0) is 28.1. The fourth-order valence-corrected chi connectivity index (χ4v) is 6.37. The van der Waals surface area contributed by atoms with Gasteiger partial charge in [-0.25, -0.2) is 0 Å². The molecule has 0 aromatic heterocycles. The molecule has 4 atom stereocenters. The lowest BCUT2D eigenvalue weighted by molar-refractivity contribution is -0.148. The average molecular weight is 542 g/mol. The SMILES string of the molecule is C=CCOC(=O)CC(=O)[C@H](CCCO[Si](C)(C)C(C)(C)C)[C@H]1NC(=O)[C@@H]1[C@@H](C)O[Si](C)(C)C(C)(C)C. The monoisotopic (exact) mass is 541 g/mol. The van der Waals surface area contributed by atoms with Gasteiger partial charge in [-0.2, -0.15) is 0 Å². The molecular formula is C27H51NO6Si2. The molecule has 0 radical (unpaired) electrons. The number of rotatable bonds is 14. The van der Waals surface area contributed by atoms with Gasteiger partial charge in [-0.1, -0.05) is 54.2 Å². The molecule has 1 aliphatic heterocycles. The Labute approximate surface area is 221 Å². The number of β-lactam (4-membered cyclic amide) rings is 1. The number of Topliss-reactive ketones (excluding diaryl/α,β-unsaturated/α-hetero) is 1. The molecule has 1 amide bonds. The van der Waals surface area contributed by atoms with Crippen LogP contribution in [0.1, 0.15) is 67.7 Å². The molecular weight excluding hydrogens is 490 g/mol. The van der Waals surface area contributed by atoms with E-state index in [1.807, 2.05) is 6.92 Å². The van der Waals surface area contributed by atoms with Gasteiger partial charge in [0, 0.05) is 12.5 Å². The molecule has 1 N–H and O–H groups in total. The van der Waals surface area contributed by atoms with Gasteiger partial charge in [0.15, 0.2) is 16.6 Å². The minimum Gasteiger partial charge on any atom is -0.461 e. The molecule has 1 saturated heterocycles. The third-order valence-corrected chi connectivity index (χ3v) is 17.4. The van der Waals surface area contributed by atoms with Gasteiger partial charge in [0.05, 0.1) is 18.1 Å². The Morgan fingerprint density at radius 1 is 1.06 bits per heavy atom. The van der Waals surface area contributed by atoms with Crippen LogP contribution >= 0.6 is 0 Å². The quantitative estimate of drug-likeness (QED) is 0.0767. The van der Waals surface area contributed by atoms with Crippen molar-refractivity contribution in [3.63, 3.8) is 0 Å². The second-order valence-electron chi connectivity index (χ2n) is 13.1. The number of ether oxygens (including phenoxy) is 1. The van der Waals surface area contributed by atoms with Gasteiger partial charge in [0.1, 0.15) is 18.8 Å². The van der Waals surface area contributed by atoms with Crippen LogP contribution in [0, 0.1) is 11.8 Å². The predicted octanol–water partition coefficient (Wildman–Crippen LogP) is 5.62. The van der Waals surface area contributed by atoms with Crippen LogP contribution in [0.15, 0.2) is 12.7 Å². The van der Waals surface area contributed by atoms with E-state index >= 15 is 0 Å². The summed E-state index contributed by atoms with van der Waals surface area (Å²) in [5.74, 6) is -1.83. The molecule has 0 saturated carbocycles. The van der Waals surface area contributed by atoms with Crippen molar-refractivity contribution in [3.05, 3.63) is 12.7 Å². The van der Waals surface area contributed by atoms with Crippen molar-refractivity contribution in [2.75, 3.05) is 13.2 Å². The first-order valence-electron chi connectivity index (χ1n) is 13.2. The van der Waals surface area contributed by atoms with Gasteiger partial charge in [-0.15, -0.1) is 0 Å². The summed E-state index contributed by atoms with van der Waals surface area (Å²) in [5, 5.41) is 3.05. The fourth-order valence-electron chi connectivity index (χ4n) is 3.85. The first-order valence-corrected chi connectivity index (χ1v) is 19.0. The molecule has 1 fully saturated rings. The molecule has 36 heavy (non-hydrogen) atoms. The highest BCUT2D eigenvalue weighted by atomic mass is 28.4. The molecule has 208 valence electrons. The van der Waals surface area contributed by atoms with E-state index in [4.69, 9.17) is 13.6 Å². The summed E-state index contributed by atoms with van der Waals surface area (Å²) in [7, 11) is -4.02. The van der Waals surface area contributed by atoms with Crippen molar-refractivity contribution < 1.29 is 28.0 Å². The summed E-state index contributed by atoms with van der Waals surface area (Å²) < 4.78 is 17.9. The summed E-state index contributed by atoms with van der Waals surface area (Å²) in [6.45, 7) is 27.9. The Kier molecular flexibility index (Phi) is 11.4. The Hall–Kier alpha value is -1.30. The van der Waals surface area contributed by atoms with Gasteiger partial charge in [-0.05, 0) is 56.0 Å². The van der Waals surface area contributed by atoms with E-state index in [2.05, 4.69) is 79.6 Å². The lowest BCUT2D eigenvalue weighted by Gasteiger charge is -2.47. The van der Waals surface area contributed by atoms with Crippen molar-refractivity contribution in [2.45, 2.75) is 116 Å². The van der Waals surface area contributed by atoms with E-state index in [0.29, 0.717) is 19.4 Å². The Morgan fingerprint density at radius 2 is 1.61 bits per heavy atom. The summed E-state index contributed by atoms with van der Waals surface area (Å²) in [6.07, 6.45) is 2.02. The topological polar surface area (TPSA) is 90.9 Å². The van der Waals surface area contributed by atoms with Gasteiger partial charge in [0.2, 0.25) is 5.91 Å². The number of hydrogen-bond acceptors (Lipinski definition) is 6. The van der Waals surface area contributed by atoms with Crippen LogP contribution in [-0.4, -0.2) is 59.7 Å². The van der Waals surface area contributed by atoms with Crippen LogP contribution in [0.3, 0.4) is 0 Å². The number of esters is 1. The standard InChI is InChI=1S/C27H51NO6Si2/c1-13-16-32-22(30)18-21(29)20(15-14-17-33-35(9,10)26(3,4)5)24-23(25(31)28-24)19(2)34-36(11,12)27(6,7)8/h13,19-20,23-24H,1,14-18H2,2-12H3,(H,28,31)/t19-,20+,23-,24-/m1/s1. The lowest BCUT2D eigenvalue weighted by atomic mass is 9.74. The number of hydrogen-bond donors (Lipinski definition) is 1. The maximum atomic E-state index is 13.3. The number of ketones is 1. The minimum atomic E-state index is -2.11. The molecule has 0 unspecified atom stereocenters. The highest BCUT2D eigenvalue weighted by molar-refractivity contribution is 6.74. The van der Waals surface area contributed by atoms with Crippen LogP contribution < -0.4 is 5.32 Å². The van der Waals surface area contributed by atoms with Crippen molar-refractivity contribution in [3.8, 4) is 0 Å². The Bertz CT molecular complexity index is 797.